The maximum Gasteiger partial charge on any atom is -0.00563 e. The molecule has 0 heteroatoms. The first-order chi connectivity index (χ1) is 15.7. The van der Waals surface area contributed by atoms with Gasteiger partial charge < -0.3 is 0 Å². The van der Waals surface area contributed by atoms with E-state index in [0.717, 1.165) is 5.92 Å². The minimum Gasteiger partial charge on any atom is -0.0804 e. The van der Waals surface area contributed by atoms with Crippen molar-refractivity contribution in [2.24, 2.45) is 11.3 Å². The summed E-state index contributed by atoms with van der Waals surface area (Å²) >= 11 is 0. The van der Waals surface area contributed by atoms with Crippen molar-refractivity contribution in [1.29, 1.82) is 0 Å². The molecule has 0 fully saturated rings. The fourth-order valence-corrected chi connectivity index (χ4v) is 6.02. The van der Waals surface area contributed by atoms with Crippen LogP contribution in [0, 0.1) is 11.3 Å². The van der Waals surface area contributed by atoms with E-state index in [-0.39, 0.29) is 0 Å². The van der Waals surface area contributed by atoms with Gasteiger partial charge in [0.1, 0.15) is 0 Å². The topological polar surface area (TPSA) is 0 Å². The highest BCUT2D eigenvalue weighted by Gasteiger charge is 2.38. The standard InChI is InChI=1S/C32H60/c1-5-8-11-14-17-20-25-30(4)32(31-26-21-22-27-31,28-23-18-15-12-9-6-2)29-24-19-16-13-10-7-3/h21-22,26,30H,5-20,23-25,27-29H2,1-4H3. The maximum absolute atomic E-state index is 2.62. The van der Waals surface area contributed by atoms with E-state index in [2.05, 4.69) is 45.9 Å². The molecule has 1 atom stereocenters. The molecule has 188 valence electrons. The summed E-state index contributed by atoms with van der Waals surface area (Å²) in [5, 5.41) is 0. The van der Waals surface area contributed by atoms with Gasteiger partial charge in [0.25, 0.3) is 0 Å². The van der Waals surface area contributed by atoms with E-state index in [0.29, 0.717) is 5.41 Å². The quantitative estimate of drug-likeness (QED) is 0.137. The highest BCUT2D eigenvalue weighted by Crippen LogP contribution is 2.49. The third-order valence-electron chi connectivity index (χ3n) is 8.30. The first-order valence-electron chi connectivity index (χ1n) is 15.1. The minimum atomic E-state index is 0.475. The first kappa shape index (κ1) is 29.5. The van der Waals surface area contributed by atoms with Crippen molar-refractivity contribution in [3.63, 3.8) is 0 Å². The Bertz CT molecular complexity index is 452. The summed E-state index contributed by atoms with van der Waals surface area (Å²) in [6, 6.07) is 0. The van der Waals surface area contributed by atoms with Gasteiger partial charge in [-0.25, -0.2) is 0 Å². The Labute approximate surface area is 204 Å². The second-order valence-corrected chi connectivity index (χ2v) is 11.0. The van der Waals surface area contributed by atoms with Crippen LogP contribution in [0.25, 0.3) is 0 Å². The summed E-state index contributed by atoms with van der Waals surface area (Å²) in [4.78, 5) is 0. The molecule has 0 saturated heterocycles. The summed E-state index contributed by atoms with van der Waals surface area (Å²) in [5.41, 5.74) is 2.26. The Morgan fingerprint density at radius 2 is 1.06 bits per heavy atom. The van der Waals surface area contributed by atoms with Crippen LogP contribution in [-0.4, -0.2) is 0 Å². The molecule has 0 amide bonds. The van der Waals surface area contributed by atoms with E-state index < -0.39 is 0 Å². The van der Waals surface area contributed by atoms with E-state index in [9.17, 15) is 0 Å². The molecule has 1 aliphatic carbocycles. The largest absolute Gasteiger partial charge is 0.0804 e. The molecule has 1 aliphatic rings. The first-order valence-corrected chi connectivity index (χ1v) is 15.1. The molecule has 0 aromatic heterocycles. The predicted octanol–water partition coefficient (Wildman–Crippen LogP) is 11.7. The summed E-state index contributed by atoms with van der Waals surface area (Å²) < 4.78 is 0. The van der Waals surface area contributed by atoms with Crippen LogP contribution in [-0.2, 0) is 0 Å². The van der Waals surface area contributed by atoms with Crippen molar-refractivity contribution in [1.82, 2.24) is 0 Å². The highest BCUT2D eigenvalue weighted by molar-refractivity contribution is 5.30. The number of rotatable bonds is 23. The molecule has 0 aliphatic heterocycles. The van der Waals surface area contributed by atoms with Gasteiger partial charge in [-0.3, -0.25) is 0 Å². The lowest BCUT2D eigenvalue weighted by molar-refractivity contribution is 0.162. The van der Waals surface area contributed by atoms with Crippen LogP contribution in [0.2, 0.25) is 0 Å². The highest BCUT2D eigenvalue weighted by atomic mass is 14.4. The van der Waals surface area contributed by atoms with Crippen molar-refractivity contribution < 1.29 is 0 Å². The zero-order valence-corrected chi connectivity index (χ0v) is 22.9. The van der Waals surface area contributed by atoms with Gasteiger partial charge in [0.2, 0.25) is 0 Å². The third-order valence-corrected chi connectivity index (χ3v) is 8.30. The molecular weight excluding hydrogens is 384 g/mol. The molecule has 0 spiro atoms. The number of hydrogen-bond acceptors (Lipinski definition) is 0. The van der Waals surface area contributed by atoms with E-state index in [1.807, 2.05) is 0 Å². The molecule has 0 heterocycles. The van der Waals surface area contributed by atoms with Gasteiger partial charge >= 0.3 is 0 Å². The van der Waals surface area contributed by atoms with Crippen molar-refractivity contribution in [3.05, 3.63) is 23.8 Å². The van der Waals surface area contributed by atoms with Crippen molar-refractivity contribution in [2.75, 3.05) is 0 Å². The monoisotopic (exact) mass is 444 g/mol. The second-order valence-electron chi connectivity index (χ2n) is 11.0. The summed E-state index contributed by atoms with van der Waals surface area (Å²) in [7, 11) is 0. The minimum absolute atomic E-state index is 0.475. The Morgan fingerprint density at radius 3 is 1.50 bits per heavy atom. The number of hydrogen-bond donors (Lipinski definition) is 0. The molecule has 0 aromatic carbocycles. The fraction of sp³-hybridized carbons (Fsp3) is 0.875. The molecule has 0 aromatic rings. The lowest BCUT2D eigenvalue weighted by atomic mass is 9.62. The number of allylic oxidation sites excluding steroid dienone is 4. The number of unbranched alkanes of at least 4 members (excludes halogenated alkanes) is 15. The normalized spacial score (nSPS) is 14.8. The maximum atomic E-state index is 2.62. The molecule has 0 radical (unpaired) electrons. The van der Waals surface area contributed by atoms with Crippen LogP contribution in [0.15, 0.2) is 23.8 Å². The Kier molecular flexibility index (Phi) is 18.4. The molecule has 0 nitrogen and oxygen atoms in total. The van der Waals surface area contributed by atoms with Crippen LogP contribution in [0.1, 0.15) is 169 Å². The van der Waals surface area contributed by atoms with Crippen LogP contribution in [0.3, 0.4) is 0 Å². The van der Waals surface area contributed by atoms with Gasteiger partial charge in [-0.05, 0) is 37.0 Å². The Balaban J connectivity index is 2.70. The lowest BCUT2D eigenvalue weighted by Crippen LogP contribution is -2.31. The van der Waals surface area contributed by atoms with Crippen LogP contribution >= 0.6 is 0 Å². The molecule has 1 unspecified atom stereocenters. The summed E-state index contributed by atoms with van der Waals surface area (Å²) in [6.07, 6.45) is 38.5. The van der Waals surface area contributed by atoms with Crippen LogP contribution in [0.5, 0.6) is 0 Å². The molecule has 1 rings (SSSR count). The van der Waals surface area contributed by atoms with Crippen LogP contribution < -0.4 is 0 Å². The van der Waals surface area contributed by atoms with Gasteiger partial charge in [0, 0.05) is 0 Å². The molecular formula is C32H60. The van der Waals surface area contributed by atoms with Gasteiger partial charge in [-0.1, -0.05) is 167 Å². The van der Waals surface area contributed by atoms with Crippen molar-refractivity contribution in [3.8, 4) is 0 Å². The van der Waals surface area contributed by atoms with E-state index in [1.165, 1.54) is 141 Å². The predicted molar refractivity (Wildman–Crippen MR) is 147 cm³/mol. The third kappa shape index (κ3) is 12.1. The zero-order valence-electron chi connectivity index (χ0n) is 22.9. The summed E-state index contributed by atoms with van der Waals surface area (Å²) in [5.74, 6) is 0.839. The summed E-state index contributed by atoms with van der Waals surface area (Å²) in [6.45, 7) is 9.60. The SMILES string of the molecule is CCCCCCCCC(C)C(CCCCCCCC)(CCCCCCCC)C1=CC=CC1. The molecule has 0 bridgehead atoms. The van der Waals surface area contributed by atoms with Gasteiger partial charge in [-0.15, -0.1) is 0 Å². The van der Waals surface area contributed by atoms with Gasteiger partial charge in [-0.2, -0.15) is 0 Å². The van der Waals surface area contributed by atoms with Crippen LogP contribution in [0.4, 0.5) is 0 Å². The zero-order chi connectivity index (χ0) is 23.3. The average Bonchev–Trinajstić information content (AvgIpc) is 3.34. The Morgan fingerprint density at radius 1 is 0.625 bits per heavy atom. The van der Waals surface area contributed by atoms with E-state index in [1.54, 1.807) is 5.57 Å². The second kappa shape index (κ2) is 19.9. The van der Waals surface area contributed by atoms with Gasteiger partial charge in [0.15, 0.2) is 0 Å². The van der Waals surface area contributed by atoms with Crippen molar-refractivity contribution in [2.45, 2.75) is 169 Å². The smallest absolute Gasteiger partial charge is 0.00563 e. The van der Waals surface area contributed by atoms with Crippen molar-refractivity contribution >= 4 is 0 Å². The molecule has 0 N–H and O–H groups in total. The molecule has 32 heavy (non-hydrogen) atoms. The molecule has 0 saturated carbocycles. The Hall–Kier alpha value is -0.520. The fourth-order valence-electron chi connectivity index (χ4n) is 6.02. The average molecular weight is 445 g/mol. The van der Waals surface area contributed by atoms with E-state index in [4.69, 9.17) is 0 Å². The van der Waals surface area contributed by atoms with E-state index >= 15 is 0 Å². The lowest BCUT2D eigenvalue weighted by Gasteiger charge is -2.42. The van der Waals surface area contributed by atoms with Gasteiger partial charge in [0.05, 0.1) is 0 Å².